The lowest BCUT2D eigenvalue weighted by Crippen LogP contribution is -2.49. The van der Waals surface area contributed by atoms with E-state index in [1.807, 2.05) is 0 Å². The van der Waals surface area contributed by atoms with Crippen molar-refractivity contribution in [1.29, 1.82) is 0 Å². The fraction of sp³-hybridized carbons (Fsp3) is 0.750. The molecule has 1 aromatic rings. The molecule has 1 saturated heterocycles. The van der Waals surface area contributed by atoms with Crippen molar-refractivity contribution in [2.45, 2.75) is 43.9 Å². The van der Waals surface area contributed by atoms with Crippen molar-refractivity contribution in [3.8, 4) is 0 Å². The molecule has 0 aromatic carbocycles. The first-order valence-corrected chi connectivity index (χ1v) is 9.61. The average Bonchev–Trinajstić information content (AvgIpc) is 2.54. The number of pyridine rings is 1. The third kappa shape index (κ3) is 2.39. The molecule has 124 valence electrons. The third-order valence-corrected chi connectivity index (χ3v) is 7.14. The Morgan fingerprint density at radius 1 is 0.913 bits per heavy atom. The molecule has 6 rings (SSSR count). The quantitative estimate of drug-likeness (QED) is 0.835. The molecule has 3 heteroatoms. The average molecular weight is 311 g/mol. The highest BCUT2D eigenvalue weighted by Gasteiger charge is 2.52. The number of hydrogen-bond donors (Lipinski definition) is 0. The lowest BCUT2D eigenvalue weighted by atomic mass is 9.49. The van der Waals surface area contributed by atoms with E-state index in [1.54, 1.807) is 0 Å². The Morgan fingerprint density at radius 3 is 2.13 bits per heavy atom. The van der Waals surface area contributed by atoms with Crippen molar-refractivity contribution >= 4 is 5.82 Å². The highest BCUT2D eigenvalue weighted by atomic mass is 15.3. The fourth-order valence-corrected chi connectivity index (χ4v) is 6.35. The fourth-order valence-electron chi connectivity index (χ4n) is 6.35. The second kappa shape index (κ2) is 5.20. The monoisotopic (exact) mass is 311 g/mol. The van der Waals surface area contributed by atoms with Gasteiger partial charge in [0.1, 0.15) is 5.82 Å². The van der Waals surface area contributed by atoms with E-state index in [-0.39, 0.29) is 0 Å². The second-order valence-electron chi connectivity index (χ2n) is 8.87. The summed E-state index contributed by atoms with van der Waals surface area (Å²) in [5, 5.41) is 0. The van der Waals surface area contributed by atoms with E-state index in [2.05, 4.69) is 35.0 Å². The van der Waals surface area contributed by atoms with Gasteiger partial charge >= 0.3 is 0 Å². The maximum Gasteiger partial charge on any atom is 0.128 e. The van der Waals surface area contributed by atoms with Gasteiger partial charge < -0.3 is 9.80 Å². The lowest BCUT2D eigenvalue weighted by molar-refractivity contribution is -0.00716. The van der Waals surface area contributed by atoms with Gasteiger partial charge in [-0.1, -0.05) is 6.07 Å². The molecule has 0 radical (unpaired) electrons. The topological polar surface area (TPSA) is 19.4 Å². The molecule has 4 aliphatic carbocycles. The highest BCUT2D eigenvalue weighted by molar-refractivity contribution is 5.41. The minimum atomic E-state index is 0.428. The Balaban J connectivity index is 1.44. The summed E-state index contributed by atoms with van der Waals surface area (Å²) in [6, 6.07) is 6.84. The second-order valence-corrected chi connectivity index (χ2v) is 8.87. The number of nitrogens with zero attached hydrogens (tertiary/aromatic N) is 3. The summed E-state index contributed by atoms with van der Waals surface area (Å²) in [4.78, 5) is 10.1. The number of piperazine rings is 1. The van der Waals surface area contributed by atoms with Crippen LogP contribution in [-0.2, 0) is 5.41 Å². The van der Waals surface area contributed by atoms with Crippen LogP contribution in [0.15, 0.2) is 18.2 Å². The Morgan fingerprint density at radius 2 is 1.52 bits per heavy atom. The van der Waals surface area contributed by atoms with Crippen molar-refractivity contribution in [2.24, 2.45) is 17.8 Å². The van der Waals surface area contributed by atoms with E-state index >= 15 is 0 Å². The number of rotatable bonds is 2. The zero-order valence-electron chi connectivity index (χ0n) is 14.4. The molecule has 23 heavy (non-hydrogen) atoms. The molecule has 5 fully saturated rings. The number of aromatic nitrogens is 1. The zero-order valence-corrected chi connectivity index (χ0v) is 14.4. The van der Waals surface area contributed by atoms with Crippen LogP contribution < -0.4 is 4.90 Å². The summed E-state index contributed by atoms with van der Waals surface area (Å²) in [6.45, 7) is 4.55. The van der Waals surface area contributed by atoms with Crippen LogP contribution in [0.5, 0.6) is 0 Å². The SMILES string of the molecule is CN1CCN(c2cccc(C34CC5CC(CC(C5)C3)C4)n2)CC1. The van der Waals surface area contributed by atoms with E-state index < -0.39 is 0 Å². The van der Waals surface area contributed by atoms with Gasteiger partial charge in [-0.3, -0.25) is 0 Å². The van der Waals surface area contributed by atoms with E-state index in [1.165, 1.54) is 50.0 Å². The standard InChI is InChI=1S/C20H29N3/c1-22-5-7-23(8-6-22)19-4-2-3-18(21-19)20-12-15-9-16(13-20)11-17(10-15)14-20/h2-4,15-17H,5-14H2,1H3. The summed E-state index contributed by atoms with van der Waals surface area (Å²) < 4.78 is 0. The zero-order chi connectivity index (χ0) is 15.4. The van der Waals surface area contributed by atoms with Gasteiger partial charge in [-0.2, -0.15) is 0 Å². The summed E-state index contributed by atoms with van der Waals surface area (Å²) in [5.74, 6) is 4.22. The van der Waals surface area contributed by atoms with Gasteiger partial charge in [0.05, 0.1) is 0 Å². The highest BCUT2D eigenvalue weighted by Crippen LogP contribution is 2.60. The molecule has 0 amide bonds. The predicted molar refractivity (Wildman–Crippen MR) is 93.8 cm³/mol. The van der Waals surface area contributed by atoms with Gasteiger partial charge in [-0.05, 0) is 75.5 Å². The van der Waals surface area contributed by atoms with E-state index in [0.29, 0.717) is 5.41 Å². The molecule has 1 aliphatic heterocycles. The van der Waals surface area contributed by atoms with Crippen molar-refractivity contribution in [3.63, 3.8) is 0 Å². The maximum atomic E-state index is 5.22. The van der Waals surface area contributed by atoms with Crippen molar-refractivity contribution in [1.82, 2.24) is 9.88 Å². The molecule has 0 unspecified atom stereocenters. The molecule has 1 aromatic heterocycles. The minimum absolute atomic E-state index is 0.428. The Bertz CT molecular complexity index is 553. The van der Waals surface area contributed by atoms with Gasteiger partial charge in [0.15, 0.2) is 0 Å². The molecule has 3 nitrogen and oxygen atoms in total. The molecule has 4 saturated carbocycles. The van der Waals surface area contributed by atoms with Crippen LogP contribution in [0.4, 0.5) is 5.82 Å². The molecular weight excluding hydrogens is 282 g/mol. The maximum absolute atomic E-state index is 5.22. The Labute approximate surface area is 140 Å². The first-order chi connectivity index (χ1) is 11.2. The summed E-state index contributed by atoms with van der Waals surface area (Å²) in [7, 11) is 2.22. The van der Waals surface area contributed by atoms with Gasteiger partial charge in [0.2, 0.25) is 0 Å². The minimum Gasteiger partial charge on any atom is -0.354 e. The van der Waals surface area contributed by atoms with Crippen LogP contribution in [0.2, 0.25) is 0 Å². The van der Waals surface area contributed by atoms with Crippen molar-refractivity contribution in [3.05, 3.63) is 23.9 Å². The van der Waals surface area contributed by atoms with Gasteiger partial charge in [0, 0.05) is 37.3 Å². The molecule has 0 spiro atoms. The number of anilines is 1. The van der Waals surface area contributed by atoms with Gasteiger partial charge in [0.25, 0.3) is 0 Å². The lowest BCUT2D eigenvalue weighted by Gasteiger charge is -2.56. The largest absolute Gasteiger partial charge is 0.354 e. The first-order valence-electron chi connectivity index (χ1n) is 9.61. The van der Waals surface area contributed by atoms with Crippen LogP contribution in [0.1, 0.15) is 44.2 Å². The molecule has 4 bridgehead atoms. The van der Waals surface area contributed by atoms with Gasteiger partial charge in [-0.15, -0.1) is 0 Å². The molecule has 2 heterocycles. The van der Waals surface area contributed by atoms with Crippen LogP contribution in [0, 0.1) is 17.8 Å². The van der Waals surface area contributed by atoms with Crippen molar-refractivity contribution in [2.75, 3.05) is 38.1 Å². The third-order valence-electron chi connectivity index (χ3n) is 7.14. The molecule has 5 aliphatic rings. The van der Waals surface area contributed by atoms with Crippen LogP contribution >= 0.6 is 0 Å². The Hall–Kier alpha value is -1.09. The van der Waals surface area contributed by atoms with Crippen LogP contribution in [0.3, 0.4) is 0 Å². The molecule has 0 N–H and O–H groups in total. The first kappa shape index (κ1) is 14.3. The van der Waals surface area contributed by atoms with Crippen molar-refractivity contribution < 1.29 is 0 Å². The van der Waals surface area contributed by atoms with E-state index in [0.717, 1.165) is 43.9 Å². The van der Waals surface area contributed by atoms with E-state index in [9.17, 15) is 0 Å². The molecule has 0 atom stereocenters. The normalized spacial score (nSPS) is 39.9. The summed E-state index contributed by atoms with van der Waals surface area (Å²) in [5.41, 5.74) is 1.85. The Kier molecular flexibility index (Phi) is 3.23. The molecular formula is C20H29N3. The summed E-state index contributed by atoms with van der Waals surface area (Å²) >= 11 is 0. The predicted octanol–water partition coefficient (Wildman–Crippen LogP) is 3.30. The van der Waals surface area contributed by atoms with Gasteiger partial charge in [-0.25, -0.2) is 4.98 Å². The number of hydrogen-bond acceptors (Lipinski definition) is 3. The summed E-state index contributed by atoms with van der Waals surface area (Å²) in [6.07, 6.45) is 8.78. The number of likely N-dealkylation sites (N-methyl/N-ethyl adjacent to an activating group) is 1. The van der Waals surface area contributed by atoms with E-state index in [4.69, 9.17) is 4.98 Å². The van der Waals surface area contributed by atoms with Crippen LogP contribution in [0.25, 0.3) is 0 Å². The smallest absolute Gasteiger partial charge is 0.128 e. The van der Waals surface area contributed by atoms with Crippen LogP contribution in [-0.4, -0.2) is 43.1 Å².